The lowest BCUT2D eigenvalue weighted by Crippen LogP contribution is -2.45. The summed E-state index contributed by atoms with van der Waals surface area (Å²) in [5.41, 5.74) is 7.74. The SMILES string of the molecule is Cc1cc(N)c(C)c(S(=O)(=O)N2CCC(C)C(O)C2)c1. The largest absolute Gasteiger partial charge is 0.398 e. The van der Waals surface area contributed by atoms with Gasteiger partial charge >= 0.3 is 0 Å². The topological polar surface area (TPSA) is 83.6 Å². The summed E-state index contributed by atoms with van der Waals surface area (Å²) in [6, 6.07) is 3.41. The Morgan fingerprint density at radius 3 is 2.60 bits per heavy atom. The Bertz CT molecular complexity index is 613. The molecule has 0 radical (unpaired) electrons. The van der Waals surface area contributed by atoms with E-state index in [-0.39, 0.29) is 17.4 Å². The Hall–Kier alpha value is -1.11. The minimum absolute atomic E-state index is 0.130. The summed E-state index contributed by atoms with van der Waals surface area (Å²) in [7, 11) is -3.60. The van der Waals surface area contributed by atoms with Crippen molar-refractivity contribution in [3.63, 3.8) is 0 Å². The van der Waals surface area contributed by atoms with Crippen LogP contribution in [-0.2, 0) is 10.0 Å². The van der Waals surface area contributed by atoms with Crippen molar-refractivity contribution in [2.75, 3.05) is 18.8 Å². The average molecular weight is 298 g/mol. The molecule has 1 saturated heterocycles. The zero-order valence-electron chi connectivity index (χ0n) is 12.1. The van der Waals surface area contributed by atoms with Crippen LogP contribution in [0.1, 0.15) is 24.5 Å². The van der Waals surface area contributed by atoms with E-state index in [1.165, 1.54) is 4.31 Å². The molecule has 5 nitrogen and oxygen atoms in total. The third kappa shape index (κ3) is 2.68. The van der Waals surface area contributed by atoms with Gasteiger partial charge in [0.2, 0.25) is 10.0 Å². The van der Waals surface area contributed by atoms with Crippen LogP contribution in [0.3, 0.4) is 0 Å². The maximum atomic E-state index is 12.7. The minimum Gasteiger partial charge on any atom is -0.398 e. The Balaban J connectivity index is 2.41. The van der Waals surface area contributed by atoms with E-state index in [0.29, 0.717) is 24.2 Å². The van der Waals surface area contributed by atoms with E-state index in [1.54, 1.807) is 19.1 Å². The molecule has 1 aromatic rings. The van der Waals surface area contributed by atoms with Crippen molar-refractivity contribution in [3.8, 4) is 0 Å². The first-order valence-corrected chi connectivity index (χ1v) is 8.22. The number of hydrogen-bond acceptors (Lipinski definition) is 4. The Morgan fingerprint density at radius 1 is 1.35 bits per heavy atom. The van der Waals surface area contributed by atoms with Gasteiger partial charge in [-0.15, -0.1) is 0 Å². The molecular weight excluding hydrogens is 276 g/mol. The number of nitrogens with zero attached hydrogens (tertiary/aromatic N) is 1. The second kappa shape index (κ2) is 5.35. The van der Waals surface area contributed by atoms with Crippen LogP contribution in [0.4, 0.5) is 5.69 Å². The second-order valence-electron chi connectivity index (χ2n) is 5.67. The van der Waals surface area contributed by atoms with Crippen LogP contribution >= 0.6 is 0 Å². The van der Waals surface area contributed by atoms with Gasteiger partial charge in [-0.2, -0.15) is 4.31 Å². The Labute approximate surface area is 120 Å². The number of hydrogen-bond donors (Lipinski definition) is 2. The van der Waals surface area contributed by atoms with Gasteiger partial charge in [0, 0.05) is 18.8 Å². The zero-order chi connectivity index (χ0) is 15.1. The first-order chi connectivity index (χ1) is 9.23. The third-order valence-electron chi connectivity index (χ3n) is 4.04. The highest BCUT2D eigenvalue weighted by molar-refractivity contribution is 7.89. The molecule has 0 aromatic heterocycles. The van der Waals surface area contributed by atoms with Crippen molar-refractivity contribution >= 4 is 15.7 Å². The molecule has 2 atom stereocenters. The molecule has 3 N–H and O–H groups in total. The van der Waals surface area contributed by atoms with Crippen molar-refractivity contribution in [1.29, 1.82) is 0 Å². The molecule has 0 amide bonds. The molecule has 1 aliphatic rings. The molecular formula is C14H22N2O3S. The number of sulfonamides is 1. The van der Waals surface area contributed by atoms with Crippen LogP contribution in [0, 0.1) is 19.8 Å². The number of aryl methyl sites for hydroxylation is 1. The van der Waals surface area contributed by atoms with Gasteiger partial charge in [0.15, 0.2) is 0 Å². The number of aliphatic hydroxyl groups excluding tert-OH is 1. The molecule has 20 heavy (non-hydrogen) atoms. The normalized spacial score (nSPS) is 24.8. The molecule has 1 aromatic carbocycles. The van der Waals surface area contributed by atoms with Crippen LogP contribution in [0.2, 0.25) is 0 Å². The van der Waals surface area contributed by atoms with Crippen LogP contribution in [0.15, 0.2) is 17.0 Å². The van der Waals surface area contributed by atoms with E-state index in [9.17, 15) is 13.5 Å². The van der Waals surface area contributed by atoms with E-state index >= 15 is 0 Å². The summed E-state index contributed by atoms with van der Waals surface area (Å²) >= 11 is 0. The van der Waals surface area contributed by atoms with Gasteiger partial charge in [-0.05, 0) is 49.4 Å². The highest BCUT2D eigenvalue weighted by atomic mass is 32.2. The summed E-state index contributed by atoms with van der Waals surface area (Å²) in [5, 5.41) is 9.91. The molecule has 1 aliphatic heterocycles. The Morgan fingerprint density at radius 2 is 2.00 bits per heavy atom. The molecule has 2 rings (SSSR count). The molecule has 1 fully saturated rings. The lowest BCUT2D eigenvalue weighted by molar-refractivity contribution is 0.0605. The fourth-order valence-corrected chi connectivity index (χ4v) is 4.31. The smallest absolute Gasteiger partial charge is 0.243 e. The first-order valence-electron chi connectivity index (χ1n) is 6.78. The quantitative estimate of drug-likeness (QED) is 0.806. The summed E-state index contributed by atoms with van der Waals surface area (Å²) in [5.74, 6) is 0.130. The van der Waals surface area contributed by atoms with Gasteiger partial charge in [0.05, 0.1) is 11.0 Å². The first kappa shape index (κ1) is 15.3. The van der Waals surface area contributed by atoms with E-state index < -0.39 is 16.1 Å². The van der Waals surface area contributed by atoms with Crippen molar-refractivity contribution in [2.24, 2.45) is 5.92 Å². The van der Waals surface area contributed by atoms with E-state index in [4.69, 9.17) is 5.73 Å². The minimum atomic E-state index is -3.60. The van der Waals surface area contributed by atoms with Crippen LogP contribution in [-0.4, -0.2) is 37.0 Å². The summed E-state index contributed by atoms with van der Waals surface area (Å²) in [6.07, 6.45) is 0.0572. The van der Waals surface area contributed by atoms with Gasteiger partial charge < -0.3 is 10.8 Å². The second-order valence-corrected chi connectivity index (χ2v) is 7.58. The number of β-amino-alcohol motifs (C(OH)–C–C–N with tert-alkyl or cyclic N) is 1. The monoisotopic (exact) mass is 298 g/mol. The Kier molecular flexibility index (Phi) is 4.09. The third-order valence-corrected chi connectivity index (χ3v) is 6.04. The van der Waals surface area contributed by atoms with Gasteiger partial charge in [-0.3, -0.25) is 0 Å². The number of piperidine rings is 1. The lowest BCUT2D eigenvalue weighted by atomic mass is 9.98. The number of nitrogens with two attached hydrogens (primary N) is 1. The summed E-state index contributed by atoms with van der Waals surface area (Å²) in [4.78, 5) is 0.247. The van der Waals surface area contributed by atoms with Crippen molar-refractivity contribution in [2.45, 2.75) is 38.2 Å². The number of rotatable bonds is 2. The van der Waals surface area contributed by atoms with Gasteiger partial charge in [-0.25, -0.2) is 8.42 Å². The van der Waals surface area contributed by atoms with Gasteiger partial charge in [0.1, 0.15) is 0 Å². The average Bonchev–Trinajstić information content (AvgIpc) is 2.36. The zero-order valence-corrected chi connectivity index (χ0v) is 12.9. The summed E-state index contributed by atoms with van der Waals surface area (Å²) in [6.45, 7) is 6.06. The van der Waals surface area contributed by atoms with E-state index in [1.807, 2.05) is 13.8 Å². The fourth-order valence-electron chi connectivity index (χ4n) is 2.50. The number of aliphatic hydroxyl groups is 1. The number of benzene rings is 1. The molecule has 0 saturated carbocycles. The van der Waals surface area contributed by atoms with Crippen molar-refractivity contribution in [1.82, 2.24) is 4.31 Å². The molecule has 6 heteroatoms. The standard InChI is InChI=1S/C14H22N2O3S/c1-9-6-12(15)11(3)14(7-9)20(18,19)16-5-4-10(2)13(17)8-16/h6-7,10,13,17H,4-5,8,15H2,1-3H3. The van der Waals surface area contributed by atoms with E-state index in [2.05, 4.69) is 0 Å². The van der Waals surface area contributed by atoms with Crippen LogP contribution < -0.4 is 5.73 Å². The molecule has 112 valence electrons. The maximum absolute atomic E-state index is 12.7. The molecule has 0 aliphatic carbocycles. The lowest BCUT2D eigenvalue weighted by Gasteiger charge is -2.33. The maximum Gasteiger partial charge on any atom is 0.243 e. The molecule has 0 bridgehead atoms. The fraction of sp³-hybridized carbons (Fsp3) is 0.571. The number of nitrogen functional groups attached to an aromatic ring is 1. The highest BCUT2D eigenvalue weighted by Gasteiger charge is 2.33. The molecule has 0 spiro atoms. The van der Waals surface area contributed by atoms with Crippen LogP contribution in [0.5, 0.6) is 0 Å². The molecule has 2 unspecified atom stereocenters. The van der Waals surface area contributed by atoms with E-state index in [0.717, 1.165) is 5.56 Å². The van der Waals surface area contributed by atoms with Gasteiger partial charge in [-0.1, -0.05) is 6.92 Å². The summed E-state index contributed by atoms with van der Waals surface area (Å²) < 4.78 is 26.8. The number of anilines is 1. The predicted molar refractivity (Wildman–Crippen MR) is 78.9 cm³/mol. The van der Waals surface area contributed by atoms with Crippen molar-refractivity contribution < 1.29 is 13.5 Å². The van der Waals surface area contributed by atoms with Crippen LogP contribution in [0.25, 0.3) is 0 Å². The predicted octanol–water partition coefficient (Wildman–Crippen LogP) is 1.28. The van der Waals surface area contributed by atoms with Gasteiger partial charge in [0.25, 0.3) is 0 Å². The van der Waals surface area contributed by atoms with Crippen molar-refractivity contribution in [3.05, 3.63) is 23.3 Å². The highest BCUT2D eigenvalue weighted by Crippen LogP contribution is 2.28. The molecule has 1 heterocycles.